The number of nitroso groups, excluding NO2 is 1. The first-order chi connectivity index (χ1) is 4.33. The van der Waals surface area contributed by atoms with Crippen molar-refractivity contribution >= 4 is 18.2 Å². The van der Waals surface area contributed by atoms with Gasteiger partial charge in [0.1, 0.15) is 0 Å². The predicted molar refractivity (Wildman–Crippen MR) is 41.7 cm³/mol. The lowest BCUT2D eigenvalue weighted by Crippen LogP contribution is -1.76. The van der Waals surface area contributed by atoms with Gasteiger partial charge in [-0.05, 0) is 24.2 Å². The van der Waals surface area contributed by atoms with Gasteiger partial charge in [-0.15, -0.1) is 17.3 Å². The van der Waals surface area contributed by atoms with E-state index < -0.39 is 0 Å². The molecule has 0 aliphatic heterocycles. The molecule has 0 atom stereocenters. The number of hydrogen-bond acceptors (Lipinski definition) is 3. The van der Waals surface area contributed by atoms with Crippen LogP contribution < -0.4 is 0 Å². The number of hydrogen-bond donors (Lipinski definition) is 0. The summed E-state index contributed by atoms with van der Waals surface area (Å²) >= 11 is 0. The van der Waals surface area contributed by atoms with Gasteiger partial charge in [-0.1, -0.05) is 6.07 Å². The van der Waals surface area contributed by atoms with Crippen LogP contribution in [0.5, 0.6) is 0 Å². The molecular weight excluding hydrogens is 152 g/mol. The van der Waals surface area contributed by atoms with Crippen molar-refractivity contribution < 1.29 is 0 Å². The van der Waals surface area contributed by atoms with Crippen LogP contribution >= 0.6 is 12.4 Å². The maximum atomic E-state index is 9.85. The van der Waals surface area contributed by atoms with Crippen LogP contribution in [-0.4, -0.2) is 4.98 Å². The van der Waals surface area contributed by atoms with Crippen molar-refractivity contribution in [1.82, 2.24) is 4.98 Å². The third kappa shape index (κ3) is 2.11. The van der Waals surface area contributed by atoms with Gasteiger partial charge in [-0.25, -0.2) is 4.98 Å². The van der Waals surface area contributed by atoms with Crippen LogP contribution in [0.25, 0.3) is 0 Å². The van der Waals surface area contributed by atoms with Gasteiger partial charge in [-0.3, -0.25) is 0 Å². The molecule has 1 aromatic heterocycles. The normalized spacial score (nSPS) is 8.10. The first-order valence-corrected chi connectivity index (χ1v) is 2.60. The number of rotatable bonds is 1. The zero-order chi connectivity index (χ0) is 6.69. The second kappa shape index (κ2) is 3.95. The number of halogens is 1. The molecule has 10 heavy (non-hydrogen) atoms. The van der Waals surface area contributed by atoms with Crippen LogP contribution in [-0.2, 0) is 0 Å². The smallest absolute Gasteiger partial charge is 0.196 e. The number of nitrogens with zero attached hydrogens (tertiary/aromatic N) is 2. The molecule has 0 amide bonds. The van der Waals surface area contributed by atoms with E-state index >= 15 is 0 Å². The highest BCUT2D eigenvalue weighted by atomic mass is 35.5. The first kappa shape index (κ1) is 9.04. The summed E-state index contributed by atoms with van der Waals surface area (Å²) in [5.74, 6) is 0.245. The Bertz CT molecular complexity index is 227. The lowest BCUT2D eigenvalue weighted by atomic mass is 10.4. The van der Waals surface area contributed by atoms with E-state index in [4.69, 9.17) is 0 Å². The Hall–Kier alpha value is -0.960. The fraction of sp³-hybridized carbons (Fsp3) is 0.167. The van der Waals surface area contributed by atoms with Gasteiger partial charge < -0.3 is 0 Å². The Balaban J connectivity index is 0.000000810. The Morgan fingerprint density at radius 3 is 2.60 bits per heavy atom. The second-order valence-electron chi connectivity index (χ2n) is 1.73. The molecule has 54 valence electrons. The van der Waals surface area contributed by atoms with E-state index in [-0.39, 0.29) is 18.2 Å². The van der Waals surface area contributed by atoms with Gasteiger partial charge in [0.05, 0.1) is 0 Å². The molecule has 4 heteroatoms. The average Bonchev–Trinajstić information content (AvgIpc) is 1.88. The first-order valence-electron chi connectivity index (χ1n) is 2.60. The van der Waals surface area contributed by atoms with Gasteiger partial charge in [0.25, 0.3) is 0 Å². The molecule has 1 rings (SSSR count). The SMILES string of the molecule is Cc1cccc(N=O)n1.Cl. The third-order valence-electron chi connectivity index (χ3n) is 0.967. The van der Waals surface area contributed by atoms with E-state index in [1.807, 2.05) is 13.0 Å². The molecular formula is C6H7ClN2O. The Morgan fingerprint density at radius 2 is 2.20 bits per heavy atom. The van der Waals surface area contributed by atoms with Crippen molar-refractivity contribution in [3.8, 4) is 0 Å². The molecule has 3 nitrogen and oxygen atoms in total. The minimum Gasteiger partial charge on any atom is -0.231 e. The van der Waals surface area contributed by atoms with Gasteiger partial charge in [0, 0.05) is 5.69 Å². The van der Waals surface area contributed by atoms with Crippen molar-refractivity contribution in [2.75, 3.05) is 0 Å². The predicted octanol–water partition coefficient (Wildman–Crippen LogP) is 2.21. The summed E-state index contributed by atoms with van der Waals surface area (Å²) < 4.78 is 0. The number of pyridine rings is 1. The fourth-order valence-electron chi connectivity index (χ4n) is 0.579. The Kier molecular flexibility index (Phi) is 3.57. The van der Waals surface area contributed by atoms with E-state index in [0.717, 1.165) is 5.69 Å². The summed E-state index contributed by atoms with van der Waals surface area (Å²) in [6.07, 6.45) is 0. The summed E-state index contributed by atoms with van der Waals surface area (Å²) in [5.41, 5.74) is 0.812. The summed E-state index contributed by atoms with van der Waals surface area (Å²) in [6.45, 7) is 1.81. The lowest BCUT2D eigenvalue weighted by molar-refractivity contribution is 1.17. The summed E-state index contributed by atoms with van der Waals surface area (Å²) in [7, 11) is 0. The van der Waals surface area contributed by atoms with Crippen LogP contribution in [0.1, 0.15) is 5.69 Å². The van der Waals surface area contributed by atoms with Gasteiger partial charge >= 0.3 is 0 Å². The van der Waals surface area contributed by atoms with E-state index in [1.54, 1.807) is 12.1 Å². The standard InChI is InChI=1S/C6H6N2O.ClH/c1-5-3-2-4-6(7-5)8-9;/h2-4H,1H3;1H. The molecule has 0 bridgehead atoms. The molecule has 0 spiro atoms. The van der Waals surface area contributed by atoms with Crippen LogP contribution in [0, 0.1) is 11.8 Å². The summed E-state index contributed by atoms with van der Waals surface area (Å²) in [6, 6.07) is 5.13. The third-order valence-corrected chi connectivity index (χ3v) is 0.967. The summed E-state index contributed by atoms with van der Waals surface area (Å²) in [5, 5.41) is 2.67. The van der Waals surface area contributed by atoms with Crippen LogP contribution in [0.3, 0.4) is 0 Å². The van der Waals surface area contributed by atoms with Crippen molar-refractivity contribution in [3.05, 3.63) is 28.8 Å². The fourth-order valence-corrected chi connectivity index (χ4v) is 0.579. The van der Waals surface area contributed by atoms with E-state index in [1.165, 1.54) is 0 Å². The highest BCUT2D eigenvalue weighted by Gasteiger charge is 1.89. The maximum Gasteiger partial charge on any atom is 0.196 e. The zero-order valence-electron chi connectivity index (χ0n) is 5.44. The van der Waals surface area contributed by atoms with Crippen molar-refractivity contribution in [3.63, 3.8) is 0 Å². The molecule has 0 fully saturated rings. The maximum absolute atomic E-state index is 9.85. The molecule has 0 unspecified atom stereocenters. The molecule has 0 N–H and O–H groups in total. The Morgan fingerprint density at radius 1 is 1.50 bits per heavy atom. The quantitative estimate of drug-likeness (QED) is 0.588. The lowest BCUT2D eigenvalue weighted by Gasteiger charge is -1.88. The minimum atomic E-state index is 0. The topological polar surface area (TPSA) is 42.3 Å². The van der Waals surface area contributed by atoms with Crippen LogP contribution in [0.15, 0.2) is 23.4 Å². The van der Waals surface area contributed by atoms with Crippen LogP contribution in [0.4, 0.5) is 5.82 Å². The molecule has 0 aliphatic rings. The molecule has 1 heterocycles. The van der Waals surface area contributed by atoms with E-state index in [0.29, 0.717) is 0 Å². The molecule has 0 saturated heterocycles. The van der Waals surface area contributed by atoms with Gasteiger partial charge in [-0.2, -0.15) is 0 Å². The molecule has 0 saturated carbocycles. The van der Waals surface area contributed by atoms with Crippen LogP contribution in [0.2, 0.25) is 0 Å². The minimum absolute atomic E-state index is 0. The molecule has 0 radical (unpaired) electrons. The van der Waals surface area contributed by atoms with E-state index in [2.05, 4.69) is 10.2 Å². The molecule has 1 aromatic rings. The highest BCUT2D eigenvalue weighted by molar-refractivity contribution is 5.85. The number of aromatic nitrogens is 1. The number of aryl methyl sites for hydroxylation is 1. The van der Waals surface area contributed by atoms with Gasteiger partial charge in [0.15, 0.2) is 5.82 Å². The highest BCUT2D eigenvalue weighted by Crippen LogP contribution is 2.05. The van der Waals surface area contributed by atoms with E-state index in [9.17, 15) is 4.91 Å². The van der Waals surface area contributed by atoms with Crippen molar-refractivity contribution in [1.29, 1.82) is 0 Å². The van der Waals surface area contributed by atoms with Gasteiger partial charge in [0.2, 0.25) is 0 Å². The second-order valence-corrected chi connectivity index (χ2v) is 1.73. The molecule has 0 aromatic carbocycles. The zero-order valence-corrected chi connectivity index (χ0v) is 6.26. The largest absolute Gasteiger partial charge is 0.231 e. The van der Waals surface area contributed by atoms with Crippen molar-refractivity contribution in [2.24, 2.45) is 5.18 Å². The average molecular weight is 159 g/mol. The molecule has 0 aliphatic carbocycles. The summed E-state index contributed by atoms with van der Waals surface area (Å²) in [4.78, 5) is 13.7. The van der Waals surface area contributed by atoms with Crippen molar-refractivity contribution in [2.45, 2.75) is 6.92 Å². The monoisotopic (exact) mass is 158 g/mol. The Labute approximate surface area is 64.9 Å².